The van der Waals surface area contributed by atoms with E-state index in [1.54, 1.807) is 12.1 Å². The summed E-state index contributed by atoms with van der Waals surface area (Å²) in [6.45, 7) is 1.90. The minimum atomic E-state index is -4.64. The molecule has 7 heteroatoms. The van der Waals surface area contributed by atoms with Crippen LogP contribution in [0.2, 0.25) is 0 Å². The molecular formula is C12H10F3N3O. The fraction of sp³-hybridized carbons (Fsp3) is 0.250. The number of methoxy groups -OCH3 is 1. The second-order valence-electron chi connectivity index (χ2n) is 3.86. The number of aromatic nitrogens is 3. The Morgan fingerprint density at radius 1 is 1.05 bits per heavy atom. The number of rotatable bonds is 2. The Morgan fingerprint density at radius 2 is 1.68 bits per heavy atom. The summed E-state index contributed by atoms with van der Waals surface area (Å²) >= 11 is 0. The molecule has 0 unspecified atom stereocenters. The minimum absolute atomic E-state index is 0.0878. The molecule has 0 bridgehead atoms. The van der Waals surface area contributed by atoms with Crippen LogP contribution in [-0.2, 0) is 6.18 Å². The molecule has 2 aromatic rings. The van der Waals surface area contributed by atoms with Crippen LogP contribution in [0.25, 0.3) is 11.4 Å². The molecule has 0 saturated carbocycles. The number of benzene rings is 1. The van der Waals surface area contributed by atoms with Gasteiger partial charge in [0.25, 0.3) is 0 Å². The van der Waals surface area contributed by atoms with Crippen LogP contribution >= 0.6 is 0 Å². The average Bonchev–Trinajstić information content (AvgIpc) is 2.38. The lowest BCUT2D eigenvalue weighted by Gasteiger charge is -2.09. The fourth-order valence-corrected chi connectivity index (χ4v) is 1.46. The summed E-state index contributed by atoms with van der Waals surface area (Å²) in [4.78, 5) is 3.74. The van der Waals surface area contributed by atoms with Crippen LogP contribution in [0.15, 0.2) is 24.3 Å². The SMILES string of the molecule is COc1nc(-c2ccc(C)cc2)nnc1C(F)(F)F. The molecule has 2 rings (SSSR count). The molecule has 0 aliphatic rings. The molecule has 0 saturated heterocycles. The zero-order chi connectivity index (χ0) is 14.0. The lowest BCUT2D eigenvalue weighted by molar-refractivity contribution is -0.143. The van der Waals surface area contributed by atoms with E-state index < -0.39 is 17.8 Å². The summed E-state index contributed by atoms with van der Waals surface area (Å²) in [7, 11) is 1.11. The van der Waals surface area contributed by atoms with Gasteiger partial charge in [-0.05, 0) is 6.92 Å². The van der Waals surface area contributed by atoms with Crippen LogP contribution < -0.4 is 4.74 Å². The monoisotopic (exact) mass is 269 g/mol. The Morgan fingerprint density at radius 3 is 2.21 bits per heavy atom. The normalized spacial score (nSPS) is 11.4. The Hall–Kier alpha value is -2.18. The van der Waals surface area contributed by atoms with Crippen molar-refractivity contribution in [3.05, 3.63) is 35.5 Å². The van der Waals surface area contributed by atoms with Gasteiger partial charge in [0.2, 0.25) is 11.6 Å². The highest BCUT2D eigenvalue weighted by Crippen LogP contribution is 2.33. The van der Waals surface area contributed by atoms with Gasteiger partial charge in [-0.1, -0.05) is 29.8 Å². The van der Waals surface area contributed by atoms with E-state index in [4.69, 9.17) is 0 Å². The smallest absolute Gasteiger partial charge is 0.440 e. The third kappa shape index (κ3) is 2.81. The van der Waals surface area contributed by atoms with Crippen molar-refractivity contribution >= 4 is 0 Å². The maximum atomic E-state index is 12.6. The largest absolute Gasteiger partial charge is 0.479 e. The summed E-state index contributed by atoms with van der Waals surface area (Å²) in [6.07, 6.45) is -4.64. The van der Waals surface area contributed by atoms with Gasteiger partial charge in [0.05, 0.1) is 7.11 Å². The summed E-state index contributed by atoms with van der Waals surface area (Å²) in [5, 5.41) is 6.65. The number of hydrogen-bond acceptors (Lipinski definition) is 4. The van der Waals surface area contributed by atoms with Crippen molar-refractivity contribution < 1.29 is 17.9 Å². The quantitative estimate of drug-likeness (QED) is 0.841. The van der Waals surface area contributed by atoms with Crippen LogP contribution in [0.1, 0.15) is 11.3 Å². The number of halogens is 3. The van der Waals surface area contributed by atoms with Crippen LogP contribution in [0.5, 0.6) is 5.88 Å². The highest BCUT2D eigenvalue weighted by molar-refractivity contribution is 5.55. The van der Waals surface area contributed by atoms with Crippen molar-refractivity contribution in [2.75, 3.05) is 7.11 Å². The van der Waals surface area contributed by atoms with Gasteiger partial charge in [0, 0.05) is 5.56 Å². The van der Waals surface area contributed by atoms with Gasteiger partial charge in [-0.15, -0.1) is 10.2 Å². The zero-order valence-electron chi connectivity index (χ0n) is 10.2. The topological polar surface area (TPSA) is 47.9 Å². The molecule has 4 nitrogen and oxygen atoms in total. The molecular weight excluding hydrogens is 259 g/mol. The Balaban J connectivity index is 2.47. The second kappa shape index (κ2) is 4.83. The van der Waals surface area contributed by atoms with Crippen molar-refractivity contribution in [3.8, 4) is 17.3 Å². The summed E-state index contributed by atoms with van der Waals surface area (Å²) < 4.78 is 42.4. The predicted molar refractivity (Wildman–Crippen MR) is 61.6 cm³/mol. The first-order chi connectivity index (χ1) is 8.91. The van der Waals surface area contributed by atoms with E-state index in [2.05, 4.69) is 19.9 Å². The second-order valence-corrected chi connectivity index (χ2v) is 3.86. The van der Waals surface area contributed by atoms with Gasteiger partial charge in [0.1, 0.15) is 0 Å². The van der Waals surface area contributed by atoms with Gasteiger partial charge in [-0.25, -0.2) is 0 Å². The lowest BCUT2D eigenvalue weighted by Crippen LogP contribution is -2.13. The van der Waals surface area contributed by atoms with Crippen LogP contribution in [0, 0.1) is 6.92 Å². The van der Waals surface area contributed by atoms with Crippen molar-refractivity contribution in [2.24, 2.45) is 0 Å². The average molecular weight is 269 g/mol. The number of aryl methyl sites for hydroxylation is 1. The number of alkyl halides is 3. The van der Waals surface area contributed by atoms with Crippen LogP contribution in [-0.4, -0.2) is 22.3 Å². The highest BCUT2D eigenvalue weighted by Gasteiger charge is 2.38. The number of ether oxygens (including phenoxy) is 1. The Labute approximate surface area is 107 Å². The Bertz CT molecular complexity index is 582. The fourth-order valence-electron chi connectivity index (χ4n) is 1.46. The number of hydrogen-bond donors (Lipinski definition) is 0. The van der Waals surface area contributed by atoms with E-state index in [0.717, 1.165) is 12.7 Å². The first-order valence-electron chi connectivity index (χ1n) is 5.35. The molecule has 1 aromatic carbocycles. The molecule has 0 aliphatic carbocycles. The van der Waals surface area contributed by atoms with Gasteiger partial charge in [-0.2, -0.15) is 18.2 Å². The first-order valence-corrected chi connectivity index (χ1v) is 5.35. The van der Waals surface area contributed by atoms with Crippen LogP contribution in [0.3, 0.4) is 0 Å². The summed E-state index contributed by atoms with van der Waals surface area (Å²) in [5.74, 6) is -0.497. The molecule has 0 amide bonds. The van der Waals surface area contributed by atoms with Crippen molar-refractivity contribution in [2.45, 2.75) is 13.1 Å². The third-order valence-electron chi connectivity index (χ3n) is 2.43. The van der Waals surface area contributed by atoms with Gasteiger partial charge in [0.15, 0.2) is 5.82 Å². The molecule has 0 aliphatic heterocycles. The van der Waals surface area contributed by atoms with E-state index in [1.807, 2.05) is 19.1 Å². The molecule has 19 heavy (non-hydrogen) atoms. The van der Waals surface area contributed by atoms with E-state index in [0.29, 0.717) is 5.56 Å². The zero-order valence-corrected chi connectivity index (χ0v) is 10.2. The van der Waals surface area contributed by atoms with Crippen LogP contribution in [0.4, 0.5) is 13.2 Å². The molecule has 1 aromatic heterocycles. The summed E-state index contributed by atoms with van der Waals surface area (Å²) in [6, 6.07) is 7.03. The van der Waals surface area contributed by atoms with E-state index in [-0.39, 0.29) is 5.82 Å². The molecule has 1 heterocycles. The van der Waals surface area contributed by atoms with Crippen molar-refractivity contribution in [1.82, 2.24) is 15.2 Å². The maximum absolute atomic E-state index is 12.6. The molecule has 0 fully saturated rings. The molecule has 0 radical (unpaired) electrons. The van der Waals surface area contributed by atoms with E-state index in [1.165, 1.54) is 0 Å². The van der Waals surface area contributed by atoms with E-state index >= 15 is 0 Å². The lowest BCUT2D eigenvalue weighted by atomic mass is 10.1. The Kier molecular flexibility index (Phi) is 3.37. The summed E-state index contributed by atoms with van der Waals surface area (Å²) in [5.41, 5.74) is 0.367. The molecule has 0 spiro atoms. The number of nitrogens with zero attached hydrogens (tertiary/aromatic N) is 3. The minimum Gasteiger partial charge on any atom is -0.479 e. The maximum Gasteiger partial charge on any atom is 0.440 e. The van der Waals surface area contributed by atoms with Crippen molar-refractivity contribution in [1.29, 1.82) is 0 Å². The van der Waals surface area contributed by atoms with Gasteiger partial charge in [-0.3, -0.25) is 0 Å². The van der Waals surface area contributed by atoms with Gasteiger partial charge >= 0.3 is 6.18 Å². The van der Waals surface area contributed by atoms with Crippen molar-refractivity contribution in [3.63, 3.8) is 0 Å². The molecule has 0 atom stereocenters. The van der Waals surface area contributed by atoms with Gasteiger partial charge < -0.3 is 4.74 Å². The van der Waals surface area contributed by atoms with E-state index in [9.17, 15) is 13.2 Å². The first kappa shape index (κ1) is 13.3. The molecule has 0 N–H and O–H groups in total. The predicted octanol–water partition coefficient (Wildman–Crippen LogP) is 2.87. The highest BCUT2D eigenvalue weighted by atomic mass is 19.4. The third-order valence-corrected chi connectivity index (χ3v) is 2.43. The standard InChI is InChI=1S/C12H10F3N3O/c1-7-3-5-8(6-4-7)10-16-11(19-2)9(17-18-10)12(13,14)15/h3-6H,1-2H3. The molecule has 100 valence electrons.